The van der Waals surface area contributed by atoms with Crippen LogP contribution in [0.1, 0.15) is 39.5 Å². The van der Waals surface area contributed by atoms with Crippen LogP contribution in [-0.4, -0.2) is 18.0 Å². The van der Waals surface area contributed by atoms with Crippen molar-refractivity contribution in [3.05, 3.63) is 0 Å². The number of amides is 1. The Bertz CT molecular complexity index is 189. The van der Waals surface area contributed by atoms with Gasteiger partial charge in [-0.15, -0.1) is 0 Å². The van der Waals surface area contributed by atoms with Gasteiger partial charge in [-0.2, -0.15) is 0 Å². The second-order valence-electron chi connectivity index (χ2n) is 4.18. The number of carbonyl (C=O) groups excluding carboxylic acids is 1. The van der Waals surface area contributed by atoms with Crippen molar-refractivity contribution in [2.75, 3.05) is 6.54 Å². The molecule has 0 aromatic carbocycles. The van der Waals surface area contributed by atoms with Gasteiger partial charge >= 0.3 is 0 Å². The highest BCUT2D eigenvalue weighted by Crippen LogP contribution is 2.31. The molecule has 1 aliphatic carbocycles. The molecule has 2 atom stereocenters. The second-order valence-corrected chi connectivity index (χ2v) is 4.18. The molecule has 0 radical (unpaired) electrons. The van der Waals surface area contributed by atoms with Crippen molar-refractivity contribution in [1.29, 1.82) is 0 Å². The maximum Gasteiger partial charge on any atom is 0.237 e. The molecule has 0 aromatic heterocycles. The second kappa shape index (κ2) is 4.09. The zero-order chi connectivity index (χ0) is 9.90. The summed E-state index contributed by atoms with van der Waals surface area (Å²) in [5, 5.41) is 3.25. The molecule has 13 heavy (non-hydrogen) atoms. The summed E-state index contributed by atoms with van der Waals surface area (Å²) in [6, 6.07) is 0. The molecule has 0 saturated heterocycles. The van der Waals surface area contributed by atoms with Crippen LogP contribution in [0.2, 0.25) is 0 Å². The molecule has 3 nitrogen and oxygen atoms in total. The zero-order valence-corrected chi connectivity index (χ0v) is 8.60. The number of rotatable bonds is 3. The first-order valence-electron chi connectivity index (χ1n) is 5.15. The van der Waals surface area contributed by atoms with Crippen molar-refractivity contribution >= 4 is 5.91 Å². The molecule has 0 heterocycles. The van der Waals surface area contributed by atoms with E-state index in [0.29, 0.717) is 5.92 Å². The third-order valence-corrected chi connectivity index (χ3v) is 2.98. The molecule has 3 heteroatoms. The van der Waals surface area contributed by atoms with E-state index in [2.05, 4.69) is 12.2 Å². The third kappa shape index (κ3) is 2.21. The summed E-state index contributed by atoms with van der Waals surface area (Å²) < 4.78 is 0. The number of carbonyl (C=O) groups is 1. The Hall–Kier alpha value is -0.570. The van der Waals surface area contributed by atoms with Crippen LogP contribution in [0.3, 0.4) is 0 Å². The van der Waals surface area contributed by atoms with Crippen LogP contribution >= 0.6 is 0 Å². The molecule has 1 rings (SSSR count). The van der Waals surface area contributed by atoms with Gasteiger partial charge in [-0.1, -0.05) is 26.7 Å². The monoisotopic (exact) mass is 184 g/mol. The summed E-state index contributed by atoms with van der Waals surface area (Å²) in [4.78, 5) is 11.4. The Balaban J connectivity index is 2.70. The fraction of sp³-hybridized carbons (Fsp3) is 0.900. The lowest BCUT2D eigenvalue weighted by Gasteiger charge is -2.38. The van der Waals surface area contributed by atoms with Gasteiger partial charge in [-0.05, 0) is 25.3 Å². The molecular weight excluding hydrogens is 164 g/mol. The zero-order valence-electron chi connectivity index (χ0n) is 8.60. The highest BCUT2D eigenvalue weighted by Gasteiger charge is 2.39. The van der Waals surface area contributed by atoms with Crippen LogP contribution in [0.5, 0.6) is 0 Å². The first-order chi connectivity index (χ1) is 6.10. The lowest BCUT2D eigenvalue weighted by atomic mass is 9.76. The summed E-state index contributed by atoms with van der Waals surface area (Å²) in [5.74, 6) is 0.432. The van der Waals surface area contributed by atoms with E-state index in [0.717, 1.165) is 25.8 Å². The Kier molecular flexibility index (Phi) is 3.31. The number of primary amides is 1. The van der Waals surface area contributed by atoms with Gasteiger partial charge in [0.2, 0.25) is 5.91 Å². The Labute approximate surface area is 80.1 Å². The average Bonchev–Trinajstić information content (AvgIpc) is 2.04. The van der Waals surface area contributed by atoms with Gasteiger partial charge in [0, 0.05) is 0 Å². The van der Waals surface area contributed by atoms with Crippen molar-refractivity contribution in [3.8, 4) is 0 Å². The minimum absolute atomic E-state index is 0.180. The predicted molar refractivity (Wildman–Crippen MR) is 53.2 cm³/mol. The van der Waals surface area contributed by atoms with Crippen molar-refractivity contribution < 1.29 is 4.79 Å². The van der Waals surface area contributed by atoms with Gasteiger partial charge in [0.25, 0.3) is 0 Å². The van der Waals surface area contributed by atoms with Crippen LogP contribution in [-0.2, 0) is 4.79 Å². The largest absolute Gasteiger partial charge is 0.368 e. The van der Waals surface area contributed by atoms with Crippen LogP contribution in [0.15, 0.2) is 0 Å². The average molecular weight is 184 g/mol. The number of likely N-dealkylation sites (N-methyl/N-ethyl adjacent to an activating group) is 1. The first-order valence-corrected chi connectivity index (χ1v) is 5.15. The topological polar surface area (TPSA) is 55.1 Å². The quantitative estimate of drug-likeness (QED) is 0.688. The number of hydrogen-bond donors (Lipinski definition) is 2. The summed E-state index contributed by atoms with van der Waals surface area (Å²) in [6.07, 6.45) is 4.13. The van der Waals surface area contributed by atoms with E-state index in [-0.39, 0.29) is 5.91 Å². The van der Waals surface area contributed by atoms with E-state index in [9.17, 15) is 4.79 Å². The summed E-state index contributed by atoms with van der Waals surface area (Å²) in [5.41, 5.74) is 5.04. The molecule has 1 saturated carbocycles. The number of hydrogen-bond acceptors (Lipinski definition) is 2. The SMILES string of the molecule is CCNC1(C(N)=O)CCCC(C)C1. The lowest BCUT2D eigenvalue weighted by Crippen LogP contribution is -2.57. The molecule has 3 N–H and O–H groups in total. The fourth-order valence-electron chi connectivity index (χ4n) is 2.36. The fourth-order valence-corrected chi connectivity index (χ4v) is 2.36. The lowest BCUT2D eigenvalue weighted by molar-refractivity contribution is -0.126. The van der Waals surface area contributed by atoms with E-state index < -0.39 is 5.54 Å². The molecular formula is C10H20N2O. The number of nitrogens with two attached hydrogens (primary N) is 1. The molecule has 0 spiro atoms. The normalized spacial score (nSPS) is 34.5. The molecule has 1 fully saturated rings. The third-order valence-electron chi connectivity index (χ3n) is 2.98. The Morgan fingerprint density at radius 2 is 2.38 bits per heavy atom. The van der Waals surface area contributed by atoms with Gasteiger partial charge in [0.05, 0.1) is 5.54 Å². The number of nitrogens with one attached hydrogen (secondary N) is 1. The molecule has 2 unspecified atom stereocenters. The van der Waals surface area contributed by atoms with Gasteiger partial charge in [-0.3, -0.25) is 4.79 Å². The highest BCUT2D eigenvalue weighted by atomic mass is 16.1. The standard InChI is InChI=1S/C10H20N2O/c1-3-12-10(9(11)13)6-4-5-8(2)7-10/h8,12H,3-7H2,1-2H3,(H2,11,13). The van der Waals surface area contributed by atoms with Gasteiger partial charge in [0.15, 0.2) is 0 Å². The summed E-state index contributed by atoms with van der Waals surface area (Å²) >= 11 is 0. The van der Waals surface area contributed by atoms with Crippen molar-refractivity contribution in [1.82, 2.24) is 5.32 Å². The maximum atomic E-state index is 11.4. The van der Waals surface area contributed by atoms with E-state index in [1.807, 2.05) is 6.92 Å². The van der Waals surface area contributed by atoms with Crippen molar-refractivity contribution in [2.24, 2.45) is 11.7 Å². The van der Waals surface area contributed by atoms with Crippen molar-refractivity contribution in [3.63, 3.8) is 0 Å². The molecule has 0 aromatic rings. The first kappa shape index (κ1) is 10.5. The molecule has 1 aliphatic rings. The Morgan fingerprint density at radius 1 is 1.69 bits per heavy atom. The van der Waals surface area contributed by atoms with E-state index in [4.69, 9.17) is 5.73 Å². The van der Waals surface area contributed by atoms with Gasteiger partial charge in [-0.25, -0.2) is 0 Å². The predicted octanol–water partition coefficient (Wildman–Crippen LogP) is 1.03. The maximum absolute atomic E-state index is 11.4. The van der Waals surface area contributed by atoms with Gasteiger partial charge < -0.3 is 11.1 Å². The molecule has 0 bridgehead atoms. The van der Waals surface area contributed by atoms with E-state index in [1.165, 1.54) is 6.42 Å². The van der Waals surface area contributed by atoms with Crippen LogP contribution in [0.25, 0.3) is 0 Å². The highest BCUT2D eigenvalue weighted by molar-refractivity contribution is 5.84. The van der Waals surface area contributed by atoms with Crippen LogP contribution in [0.4, 0.5) is 0 Å². The van der Waals surface area contributed by atoms with E-state index in [1.54, 1.807) is 0 Å². The van der Waals surface area contributed by atoms with Gasteiger partial charge in [0.1, 0.15) is 0 Å². The van der Waals surface area contributed by atoms with Crippen molar-refractivity contribution in [2.45, 2.75) is 45.1 Å². The van der Waals surface area contributed by atoms with Crippen LogP contribution < -0.4 is 11.1 Å². The van der Waals surface area contributed by atoms with Crippen LogP contribution in [0, 0.1) is 5.92 Å². The molecule has 76 valence electrons. The molecule has 0 aliphatic heterocycles. The minimum Gasteiger partial charge on any atom is -0.368 e. The summed E-state index contributed by atoms with van der Waals surface area (Å²) in [6.45, 7) is 5.02. The Morgan fingerprint density at radius 3 is 2.85 bits per heavy atom. The summed E-state index contributed by atoms with van der Waals surface area (Å²) in [7, 11) is 0. The minimum atomic E-state index is -0.410. The smallest absolute Gasteiger partial charge is 0.237 e. The molecule has 1 amide bonds. The van der Waals surface area contributed by atoms with E-state index >= 15 is 0 Å².